The Labute approximate surface area is 283 Å². The van der Waals surface area contributed by atoms with Crippen molar-refractivity contribution in [3.63, 3.8) is 0 Å². The lowest BCUT2D eigenvalue weighted by Crippen LogP contribution is -2.18. The van der Waals surface area contributed by atoms with Crippen LogP contribution in [0.2, 0.25) is 10.0 Å². The predicted octanol–water partition coefficient (Wildman–Crippen LogP) is 11.1. The van der Waals surface area contributed by atoms with Crippen LogP contribution in [0.5, 0.6) is 11.5 Å². The van der Waals surface area contributed by atoms with Crippen molar-refractivity contribution in [1.82, 2.24) is 0 Å². The van der Waals surface area contributed by atoms with Gasteiger partial charge in [-0.05, 0) is 80.7 Å². The van der Waals surface area contributed by atoms with Crippen molar-refractivity contribution < 1.29 is 48.8 Å². The van der Waals surface area contributed by atoms with E-state index in [0.29, 0.717) is 24.8 Å². The van der Waals surface area contributed by atoms with Crippen LogP contribution in [0.1, 0.15) is 38.5 Å². The summed E-state index contributed by atoms with van der Waals surface area (Å²) in [4.78, 5) is -0.111. The molecule has 258 valence electrons. The van der Waals surface area contributed by atoms with Crippen LogP contribution in [-0.4, -0.2) is 65.3 Å². The predicted molar refractivity (Wildman–Crippen MR) is 172 cm³/mol. The third-order valence-corrected chi connectivity index (χ3v) is 10.2. The molecule has 0 fully saturated rings. The van der Waals surface area contributed by atoms with Gasteiger partial charge in [-0.25, -0.2) is 8.78 Å². The molecule has 3 nitrogen and oxygen atoms in total. The van der Waals surface area contributed by atoms with E-state index < -0.39 is 46.3 Å². The first-order valence-corrected chi connectivity index (χ1v) is 19.3. The Kier molecular flexibility index (Phi) is 20.7. The number of thioether (sulfide) groups is 3. The molecular weight excluding hydrogens is 735 g/mol. The van der Waals surface area contributed by atoms with Gasteiger partial charge in [-0.2, -0.15) is 49.9 Å². The molecule has 1 unspecified atom stereocenters. The number of ether oxygens (including phenoxy) is 2. The highest BCUT2D eigenvalue weighted by Crippen LogP contribution is 2.36. The van der Waals surface area contributed by atoms with E-state index in [1.165, 1.54) is 6.07 Å². The van der Waals surface area contributed by atoms with E-state index in [-0.39, 0.29) is 37.9 Å². The van der Waals surface area contributed by atoms with Gasteiger partial charge in [0.1, 0.15) is 5.75 Å². The van der Waals surface area contributed by atoms with Crippen LogP contribution in [0.3, 0.4) is 0 Å². The van der Waals surface area contributed by atoms with Gasteiger partial charge in [0, 0.05) is 11.0 Å². The highest BCUT2D eigenvalue weighted by molar-refractivity contribution is 7.99. The topological polar surface area (TPSA) is 35.5 Å². The molecule has 0 saturated carbocycles. The molecule has 0 aliphatic rings. The molecule has 0 N–H and O–H groups in total. The largest absolute Gasteiger partial charge is 0.490 e. The van der Waals surface area contributed by atoms with Crippen LogP contribution in [-0.2, 0) is 10.8 Å². The average molecular weight is 770 g/mol. The van der Waals surface area contributed by atoms with E-state index in [4.69, 9.17) is 32.7 Å². The van der Waals surface area contributed by atoms with Crippen LogP contribution in [0.25, 0.3) is 0 Å². The van der Waals surface area contributed by atoms with Gasteiger partial charge in [0.25, 0.3) is 0 Å². The number of rotatable bonds is 18. The SMILES string of the molecule is CSCCCCCOc1cc(S(=O)CC(F)(F)F)c(Cl)cc1F.CSCCCCCOc1cc(SCC(F)(F)F)c(Cl)cc1F. The maximum absolute atomic E-state index is 13.7. The van der Waals surface area contributed by atoms with Crippen molar-refractivity contribution in [2.45, 2.75) is 60.7 Å². The highest BCUT2D eigenvalue weighted by Gasteiger charge is 2.32. The smallest absolute Gasteiger partial charge is 0.400 e. The molecular formula is C28H34Cl2F8O3S4. The maximum atomic E-state index is 13.7. The van der Waals surface area contributed by atoms with Gasteiger partial charge in [-0.1, -0.05) is 23.2 Å². The minimum atomic E-state index is -4.60. The van der Waals surface area contributed by atoms with Crippen LogP contribution < -0.4 is 9.47 Å². The number of hydrogen-bond donors (Lipinski definition) is 0. The minimum Gasteiger partial charge on any atom is -0.490 e. The molecule has 0 saturated heterocycles. The third-order valence-electron chi connectivity index (χ3n) is 5.40. The first kappa shape index (κ1) is 42.3. The number of alkyl halides is 6. The first-order valence-electron chi connectivity index (χ1n) is 13.4. The molecule has 0 aromatic heterocycles. The standard InChI is InChI=1S/C14H17ClF4O2S2.C14H17ClF4OS2/c1-22-6-4-2-3-5-21-12-8-13(10(15)7-11(12)16)23(20)9-14(17,18)19;1-21-6-4-2-3-5-20-12-8-13(10(15)7-11(12)16)22-9-14(17,18)19/h7-8H,2-6,9H2,1H3;7-8H,2-6,9H2,1H3. The lowest BCUT2D eigenvalue weighted by atomic mass is 10.2. The van der Waals surface area contributed by atoms with Gasteiger partial charge in [0.2, 0.25) is 0 Å². The summed E-state index contributed by atoms with van der Waals surface area (Å²) in [6.45, 7) is 0.564. The lowest BCUT2D eigenvalue weighted by Gasteiger charge is -2.12. The zero-order valence-electron chi connectivity index (χ0n) is 24.4. The summed E-state index contributed by atoms with van der Waals surface area (Å²) >= 11 is 15.5. The second-order valence-corrected chi connectivity index (χ2v) is 14.5. The fourth-order valence-electron chi connectivity index (χ4n) is 3.33. The molecule has 0 amide bonds. The average Bonchev–Trinajstić information content (AvgIpc) is 2.92. The van der Waals surface area contributed by atoms with E-state index in [0.717, 1.165) is 61.8 Å². The van der Waals surface area contributed by atoms with E-state index in [9.17, 15) is 39.3 Å². The molecule has 0 heterocycles. The van der Waals surface area contributed by atoms with Gasteiger partial charge < -0.3 is 9.47 Å². The Bertz CT molecular complexity index is 1190. The van der Waals surface area contributed by atoms with Gasteiger partial charge >= 0.3 is 12.4 Å². The number of benzene rings is 2. The lowest BCUT2D eigenvalue weighted by molar-refractivity contribution is -0.106. The third kappa shape index (κ3) is 19.0. The quantitative estimate of drug-likeness (QED) is 0.0854. The number of halogens is 10. The Balaban J connectivity index is 0.000000450. The summed E-state index contributed by atoms with van der Waals surface area (Å²) in [5, 5.41) is -0.350. The van der Waals surface area contributed by atoms with Crippen LogP contribution in [0.4, 0.5) is 35.1 Å². The molecule has 0 radical (unpaired) electrons. The Morgan fingerprint density at radius 3 is 1.67 bits per heavy atom. The summed E-state index contributed by atoms with van der Waals surface area (Å²) in [6.07, 6.45) is 0.532. The first-order chi connectivity index (χ1) is 21.1. The summed E-state index contributed by atoms with van der Waals surface area (Å²) < 4.78 is 123. The summed E-state index contributed by atoms with van der Waals surface area (Å²) in [6, 6.07) is 4.04. The molecule has 2 rings (SSSR count). The van der Waals surface area contributed by atoms with Gasteiger partial charge in [0.15, 0.2) is 23.1 Å². The summed E-state index contributed by atoms with van der Waals surface area (Å²) in [5.41, 5.74) is 0. The Morgan fingerprint density at radius 1 is 0.711 bits per heavy atom. The van der Waals surface area contributed by atoms with Crippen LogP contribution in [0, 0.1) is 11.6 Å². The molecule has 0 spiro atoms. The van der Waals surface area contributed by atoms with Crippen molar-refractivity contribution in [3.05, 3.63) is 45.9 Å². The normalized spacial score (nSPS) is 12.4. The van der Waals surface area contributed by atoms with Gasteiger partial charge in [-0.15, -0.1) is 11.8 Å². The van der Waals surface area contributed by atoms with Crippen molar-refractivity contribution in [1.29, 1.82) is 0 Å². The number of hydrogen-bond acceptors (Lipinski definition) is 6. The molecule has 0 aliphatic carbocycles. The van der Waals surface area contributed by atoms with E-state index in [2.05, 4.69) is 0 Å². The monoisotopic (exact) mass is 768 g/mol. The van der Waals surface area contributed by atoms with E-state index in [1.807, 2.05) is 12.5 Å². The molecule has 2 aromatic carbocycles. The van der Waals surface area contributed by atoms with Crippen molar-refractivity contribution in [2.75, 3.05) is 48.7 Å². The fraction of sp³-hybridized carbons (Fsp3) is 0.571. The van der Waals surface area contributed by atoms with E-state index in [1.54, 1.807) is 23.5 Å². The Morgan fingerprint density at radius 2 is 1.20 bits per heavy atom. The second kappa shape index (κ2) is 22.0. The molecule has 0 bridgehead atoms. The molecule has 1 atom stereocenters. The summed E-state index contributed by atoms with van der Waals surface area (Å²) in [7, 11) is -2.40. The highest BCUT2D eigenvalue weighted by atomic mass is 35.5. The number of unbranched alkanes of at least 4 members (excludes halogenated alkanes) is 4. The second-order valence-electron chi connectivity index (χ2n) is 9.24. The maximum Gasteiger partial charge on any atom is 0.400 e. The van der Waals surface area contributed by atoms with Gasteiger partial charge in [0.05, 0.1) is 44.7 Å². The van der Waals surface area contributed by atoms with Crippen molar-refractivity contribution in [3.8, 4) is 11.5 Å². The van der Waals surface area contributed by atoms with Crippen molar-refractivity contribution in [2.24, 2.45) is 0 Å². The zero-order chi connectivity index (χ0) is 34.0. The molecule has 45 heavy (non-hydrogen) atoms. The van der Waals surface area contributed by atoms with E-state index >= 15 is 0 Å². The zero-order valence-corrected chi connectivity index (χ0v) is 29.2. The van der Waals surface area contributed by atoms with Crippen LogP contribution >= 0.6 is 58.5 Å². The summed E-state index contributed by atoms with van der Waals surface area (Å²) in [5.74, 6) is -2.26. The molecule has 17 heteroatoms. The molecule has 2 aromatic rings. The fourth-order valence-corrected chi connectivity index (χ4v) is 6.71. The minimum absolute atomic E-state index is 0.0425. The molecule has 0 aliphatic heterocycles. The van der Waals surface area contributed by atoms with Crippen molar-refractivity contribution >= 4 is 69.3 Å². The van der Waals surface area contributed by atoms with Crippen LogP contribution in [0.15, 0.2) is 34.1 Å². The van der Waals surface area contributed by atoms with Gasteiger partial charge in [-0.3, -0.25) is 4.21 Å². The Hall–Kier alpha value is -0.740.